The fraction of sp³-hybridized carbons (Fsp3) is 0.0357. The van der Waals surface area contributed by atoms with Gasteiger partial charge in [0, 0.05) is 12.6 Å². The van der Waals surface area contributed by atoms with Crippen molar-refractivity contribution in [3.63, 3.8) is 0 Å². The van der Waals surface area contributed by atoms with Crippen LogP contribution in [0.2, 0.25) is 10.0 Å². The number of halogens is 4. The highest BCUT2D eigenvalue weighted by atomic mass is 35.5. The Morgan fingerprint density at radius 2 is 1.41 bits per heavy atom. The van der Waals surface area contributed by atoms with E-state index in [1.165, 1.54) is 18.3 Å². The molecular formula is C28H18Cl2F2N6O3. The zero-order valence-corrected chi connectivity index (χ0v) is 22.3. The van der Waals surface area contributed by atoms with E-state index in [4.69, 9.17) is 23.2 Å². The Morgan fingerprint density at radius 3 is 2.05 bits per heavy atom. The minimum atomic E-state index is -1.07. The lowest BCUT2D eigenvalue weighted by molar-refractivity contribution is 0.0944. The van der Waals surface area contributed by atoms with Crippen molar-refractivity contribution in [1.82, 2.24) is 19.9 Å². The van der Waals surface area contributed by atoms with Gasteiger partial charge in [-0.25, -0.2) is 18.3 Å². The smallest absolute Gasteiger partial charge is 0.274 e. The molecule has 3 N–H and O–H groups in total. The van der Waals surface area contributed by atoms with Crippen molar-refractivity contribution >= 4 is 57.9 Å². The second-order valence-electron chi connectivity index (χ2n) is 8.62. The van der Waals surface area contributed by atoms with Crippen LogP contribution in [0.3, 0.4) is 0 Å². The Hall–Kier alpha value is -4.87. The Labute approximate surface area is 241 Å². The van der Waals surface area contributed by atoms with Crippen LogP contribution in [0.25, 0.3) is 5.65 Å². The fourth-order valence-corrected chi connectivity index (χ4v) is 4.19. The zero-order valence-electron chi connectivity index (χ0n) is 20.8. The van der Waals surface area contributed by atoms with Crippen molar-refractivity contribution < 1.29 is 23.2 Å². The van der Waals surface area contributed by atoms with Gasteiger partial charge >= 0.3 is 0 Å². The van der Waals surface area contributed by atoms with Gasteiger partial charge in [0.1, 0.15) is 17.0 Å². The molecule has 0 saturated carbocycles. The Bertz CT molecular complexity index is 1830. The molecule has 0 aliphatic heterocycles. The molecule has 3 aromatic carbocycles. The van der Waals surface area contributed by atoms with E-state index in [1.54, 1.807) is 48.5 Å². The summed E-state index contributed by atoms with van der Waals surface area (Å²) in [5, 5.41) is 12.6. The highest BCUT2D eigenvalue weighted by Gasteiger charge is 2.23. The van der Waals surface area contributed by atoms with E-state index in [1.807, 2.05) is 0 Å². The maximum Gasteiger partial charge on any atom is 0.274 e. The molecule has 5 aromatic rings. The summed E-state index contributed by atoms with van der Waals surface area (Å²) in [5.41, 5.74) is 0.403. The zero-order chi connectivity index (χ0) is 29.1. The molecule has 5 rings (SSSR count). The van der Waals surface area contributed by atoms with Gasteiger partial charge in [-0.3, -0.25) is 14.4 Å². The second kappa shape index (κ2) is 11.7. The van der Waals surface area contributed by atoms with E-state index >= 15 is 0 Å². The van der Waals surface area contributed by atoms with Crippen LogP contribution in [-0.2, 0) is 6.54 Å². The van der Waals surface area contributed by atoms with Crippen LogP contribution in [0.1, 0.15) is 36.9 Å². The summed E-state index contributed by atoms with van der Waals surface area (Å²) < 4.78 is 28.0. The summed E-state index contributed by atoms with van der Waals surface area (Å²) in [6.07, 6.45) is 1.20. The van der Waals surface area contributed by atoms with Crippen molar-refractivity contribution in [2.45, 2.75) is 6.54 Å². The van der Waals surface area contributed by atoms with Gasteiger partial charge in [0.05, 0.1) is 27.6 Å². The average molecular weight is 595 g/mol. The molecule has 2 heterocycles. The van der Waals surface area contributed by atoms with Crippen molar-refractivity contribution in [1.29, 1.82) is 0 Å². The lowest BCUT2D eigenvalue weighted by Crippen LogP contribution is -2.26. The quantitative estimate of drug-likeness (QED) is 0.222. The van der Waals surface area contributed by atoms with Gasteiger partial charge in [-0.1, -0.05) is 53.5 Å². The van der Waals surface area contributed by atoms with Crippen molar-refractivity contribution in [2.75, 3.05) is 10.6 Å². The van der Waals surface area contributed by atoms with Crippen LogP contribution in [0.15, 0.2) is 79.0 Å². The number of aromatic nitrogens is 3. The van der Waals surface area contributed by atoms with Crippen LogP contribution in [0.4, 0.5) is 20.2 Å². The van der Waals surface area contributed by atoms with Crippen LogP contribution >= 0.6 is 23.2 Å². The number of rotatable bonds is 7. The van der Waals surface area contributed by atoms with Crippen LogP contribution < -0.4 is 16.0 Å². The lowest BCUT2D eigenvalue weighted by atomic mass is 10.2. The van der Waals surface area contributed by atoms with E-state index in [0.29, 0.717) is 22.0 Å². The maximum absolute atomic E-state index is 13.6. The third kappa shape index (κ3) is 6.01. The Kier molecular flexibility index (Phi) is 7.90. The lowest BCUT2D eigenvalue weighted by Gasteiger charge is -2.11. The molecule has 0 spiro atoms. The maximum atomic E-state index is 13.6. The summed E-state index contributed by atoms with van der Waals surface area (Å²) >= 11 is 12.3. The minimum Gasteiger partial charge on any atom is -0.347 e. The van der Waals surface area contributed by atoms with Crippen molar-refractivity contribution in [3.8, 4) is 0 Å². The normalized spacial score (nSPS) is 10.8. The molecule has 0 bridgehead atoms. The Balaban J connectivity index is 1.51. The highest BCUT2D eigenvalue weighted by Crippen LogP contribution is 2.24. The first-order valence-corrected chi connectivity index (χ1v) is 12.7. The van der Waals surface area contributed by atoms with Crippen molar-refractivity contribution in [2.24, 2.45) is 0 Å². The summed E-state index contributed by atoms with van der Waals surface area (Å²) in [7, 11) is 0. The molecular weight excluding hydrogens is 577 g/mol. The number of nitrogens with one attached hydrogen (secondary N) is 3. The first kappa shape index (κ1) is 27.7. The molecule has 0 saturated heterocycles. The molecule has 0 fully saturated rings. The van der Waals surface area contributed by atoms with Crippen LogP contribution in [0.5, 0.6) is 0 Å². The molecule has 3 amide bonds. The number of para-hydroxylation sites is 2. The molecule has 13 heteroatoms. The molecule has 0 atom stereocenters. The Morgan fingerprint density at radius 1 is 0.780 bits per heavy atom. The topological polar surface area (TPSA) is 117 Å². The third-order valence-corrected chi connectivity index (χ3v) is 6.52. The predicted molar refractivity (Wildman–Crippen MR) is 149 cm³/mol. The van der Waals surface area contributed by atoms with Gasteiger partial charge in [0.25, 0.3) is 17.7 Å². The standard InChI is InChI=1S/C28H18Cl2F2N6O3/c29-17-5-1-3-7-21(17)36-26(39)16-14-34-38-24(28(41)37-22-8-4-2-6-18(22)30)12-23(35-25(16)38)27(40)33-13-15-9-10-19(31)20(32)11-15/h1-12,14H,13H2,(H,33,40)(H,36,39)(H,37,41). The largest absolute Gasteiger partial charge is 0.347 e. The monoisotopic (exact) mass is 594 g/mol. The average Bonchev–Trinajstić information content (AvgIpc) is 3.39. The van der Waals surface area contributed by atoms with Gasteiger partial charge < -0.3 is 16.0 Å². The SMILES string of the molecule is O=C(NCc1ccc(F)c(F)c1)c1cc(C(=O)Nc2ccccc2Cl)n2ncc(C(=O)Nc3ccccc3Cl)c2n1. The third-order valence-electron chi connectivity index (χ3n) is 5.86. The fourth-order valence-electron chi connectivity index (χ4n) is 3.82. The van der Waals surface area contributed by atoms with E-state index < -0.39 is 29.4 Å². The number of hydrogen-bond acceptors (Lipinski definition) is 5. The molecule has 0 aliphatic rings. The summed E-state index contributed by atoms with van der Waals surface area (Å²) in [6, 6.07) is 17.5. The first-order chi connectivity index (χ1) is 19.7. The molecule has 0 aliphatic carbocycles. The van der Waals surface area contributed by atoms with Gasteiger partial charge in [0.2, 0.25) is 0 Å². The van der Waals surface area contributed by atoms with Crippen molar-refractivity contribution in [3.05, 3.63) is 123 Å². The molecule has 2 aromatic heterocycles. The number of fused-ring (bicyclic) bond motifs is 1. The van der Waals surface area contributed by atoms with E-state index in [2.05, 4.69) is 26.0 Å². The molecule has 41 heavy (non-hydrogen) atoms. The van der Waals surface area contributed by atoms with E-state index in [0.717, 1.165) is 16.6 Å². The number of carbonyl (C=O) groups excluding carboxylic acids is 3. The summed E-state index contributed by atoms with van der Waals surface area (Å²) in [5.74, 6) is -4.17. The molecule has 0 radical (unpaired) electrons. The molecule has 206 valence electrons. The molecule has 9 nitrogen and oxygen atoms in total. The number of hydrogen-bond donors (Lipinski definition) is 3. The number of nitrogens with zero attached hydrogens (tertiary/aromatic N) is 3. The summed E-state index contributed by atoms with van der Waals surface area (Å²) in [6.45, 7) is -0.164. The first-order valence-electron chi connectivity index (χ1n) is 11.9. The minimum absolute atomic E-state index is 0.0491. The van der Waals surface area contributed by atoms with Gasteiger partial charge in [-0.2, -0.15) is 5.10 Å². The molecule has 0 unspecified atom stereocenters. The highest BCUT2D eigenvalue weighted by molar-refractivity contribution is 6.34. The summed E-state index contributed by atoms with van der Waals surface area (Å²) in [4.78, 5) is 43.9. The number of benzene rings is 3. The number of carbonyl (C=O) groups is 3. The van der Waals surface area contributed by atoms with Gasteiger partial charge in [-0.05, 0) is 42.0 Å². The van der Waals surface area contributed by atoms with Crippen LogP contribution in [0, 0.1) is 11.6 Å². The van der Waals surface area contributed by atoms with Gasteiger partial charge in [0.15, 0.2) is 17.3 Å². The number of anilines is 2. The van der Waals surface area contributed by atoms with Gasteiger partial charge in [-0.15, -0.1) is 0 Å². The number of amides is 3. The van der Waals surface area contributed by atoms with Crippen LogP contribution in [-0.4, -0.2) is 32.3 Å². The van der Waals surface area contributed by atoms with E-state index in [9.17, 15) is 23.2 Å². The second-order valence-corrected chi connectivity index (χ2v) is 9.43. The van der Waals surface area contributed by atoms with E-state index in [-0.39, 0.29) is 34.2 Å². The predicted octanol–water partition coefficient (Wildman–Crippen LogP) is 5.75.